The third-order valence-electron chi connectivity index (χ3n) is 3.04. The van der Waals surface area contributed by atoms with Gasteiger partial charge in [-0.2, -0.15) is 5.90 Å². The van der Waals surface area contributed by atoms with E-state index in [0.29, 0.717) is 12.5 Å². The van der Waals surface area contributed by atoms with Crippen molar-refractivity contribution in [3.8, 4) is 0 Å². The van der Waals surface area contributed by atoms with Gasteiger partial charge >= 0.3 is 5.97 Å². The van der Waals surface area contributed by atoms with E-state index in [-0.39, 0.29) is 12.1 Å². The van der Waals surface area contributed by atoms with Crippen LogP contribution in [-0.2, 0) is 14.4 Å². The van der Waals surface area contributed by atoms with Crippen molar-refractivity contribution >= 4 is 5.97 Å². The van der Waals surface area contributed by atoms with Gasteiger partial charge in [0.2, 0.25) is 0 Å². The molecule has 0 radical (unpaired) electrons. The van der Waals surface area contributed by atoms with Gasteiger partial charge in [0.15, 0.2) is 0 Å². The van der Waals surface area contributed by atoms with Crippen LogP contribution in [0, 0.1) is 0 Å². The molecule has 1 fully saturated rings. The van der Waals surface area contributed by atoms with E-state index in [0.717, 1.165) is 12.8 Å². The number of hydrogen-bond acceptors (Lipinski definition) is 4. The Morgan fingerprint density at radius 1 is 1.19 bits per heavy atom. The average Bonchev–Trinajstić information content (AvgIpc) is 3.04. The normalized spacial score (nSPS) is 23.1. The summed E-state index contributed by atoms with van der Waals surface area (Å²) in [6.07, 6.45) is 9.37. The molecule has 16 heavy (non-hydrogen) atoms. The highest BCUT2D eigenvalue weighted by Crippen LogP contribution is 2.31. The van der Waals surface area contributed by atoms with Gasteiger partial charge in [-0.1, -0.05) is 39.0 Å². The maximum absolute atomic E-state index is 10.8. The van der Waals surface area contributed by atoms with Crippen molar-refractivity contribution < 1.29 is 14.4 Å². The number of carbonyl (C=O) groups is 1. The molecule has 0 spiro atoms. The first-order chi connectivity index (χ1) is 7.77. The molecule has 1 rings (SSSR count). The van der Waals surface area contributed by atoms with Gasteiger partial charge in [0.25, 0.3) is 0 Å². The van der Waals surface area contributed by atoms with Crippen molar-refractivity contribution in [2.75, 3.05) is 0 Å². The number of epoxide rings is 1. The zero-order valence-electron chi connectivity index (χ0n) is 10.1. The van der Waals surface area contributed by atoms with Crippen molar-refractivity contribution in [3.05, 3.63) is 0 Å². The minimum absolute atomic E-state index is 0.269. The van der Waals surface area contributed by atoms with Crippen molar-refractivity contribution in [1.29, 1.82) is 0 Å². The summed E-state index contributed by atoms with van der Waals surface area (Å²) in [5.74, 6) is 4.40. The molecule has 2 unspecified atom stereocenters. The lowest BCUT2D eigenvalue weighted by Gasteiger charge is -1.97. The Hall–Kier alpha value is -0.610. The van der Waals surface area contributed by atoms with Crippen LogP contribution in [0.5, 0.6) is 0 Å². The average molecular weight is 229 g/mol. The van der Waals surface area contributed by atoms with Crippen molar-refractivity contribution in [3.63, 3.8) is 0 Å². The molecule has 0 aromatic heterocycles. The van der Waals surface area contributed by atoms with E-state index in [1.165, 1.54) is 32.1 Å². The minimum Gasteiger partial charge on any atom is -0.373 e. The molecular formula is C12H23NO3. The monoisotopic (exact) mass is 229 g/mol. The van der Waals surface area contributed by atoms with Crippen LogP contribution in [0.4, 0.5) is 0 Å². The molecule has 0 aromatic rings. The summed E-state index contributed by atoms with van der Waals surface area (Å²) < 4.78 is 5.47. The van der Waals surface area contributed by atoms with Gasteiger partial charge in [-0.15, -0.1) is 0 Å². The van der Waals surface area contributed by atoms with Gasteiger partial charge in [0, 0.05) is 6.42 Å². The Balaban J connectivity index is 1.88. The summed E-state index contributed by atoms with van der Waals surface area (Å²) in [5, 5.41) is 0. The molecular weight excluding hydrogens is 206 g/mol. The first-order valence-electron chi connectivity index (χ1n) is 6.33. The Morgan fingerprint density at radius 2 is 1.88 bits per heavy atom. The lowest BCUT2D eigenvalue weighted by atomic mass is 10.1. The fourth-order valence-corrected chi connectivity index (χ4v) is 1.96. The molecule has 1 heterocycles. The molecule has 0 aliphatic carbocycles. The summed E-state index contributed by atoms with van der Waals surface area (Å²) in [6, 6.07) is 0. The van der Waals surface area contributed by atoms with E-state index in [2.05, 4.69) is 11.8 Å². The summed E-state index contributed by atoms with van der Waals surface area (Å²) in [4.78, 5) is 14.9. The fraction of sp³-hybridized carbons (Fsp3) is 0.917. The van der Waals surface area contributed by atoms with Crippen LogP contribution in [0.2, 0.25) is 0 Å². The molecule has 4 heteroatoms. The number of nitrogens with two attached hydrogens (primary N) is 1. The summed E-state index contributed by atoms with van der Waals surface area (Å²) >= 11 is 0. The molecule has 94 valence electrons. The molecule has 4 nitrogen and oxygen atoms in total. The highest BCUT2D eigenvalue weighted by molar-refractivity contribution is 5.68. The van der Waals surface area contributed by atoms with Crippen molar-refractivity contribution in [2.45, 2.75) is 70.5 Å². The van der Waals surface area contributed by atoms with Crippen LogP contribution >= 0.6 is 0 Å². The molecule has 2 N–H and O–H groups in total. The third kappa shape index (κ3) is 5.47. The SMILES string of the molecule is CCCCCCCC1OC1CCC(=O)ON. The third-order valence-corrected chi connectivity index (χ3v) is 3.04. The first kappa shape index (κ1) is 13.5. The van der Waals surface area contributed by atoms with Crippen LogP contribution in [0.1, 0.15) is 58.3 Å². The second-order valence-corrected chi connectivity index (χ2v) is 4.44. The van der Waals surface area contributed by atoms with Crippen LogP contribution < -0.4 is 5.90 Å². The van der Waals surface area contributed by atoms with E-state index in [1.54, 1.807) is 0 Å². The van der Waals surface area contributed by atoms with Crippen LogP contribution in [0.15, 0.2) is 0 Å². The molecule has 2 atom stereocenters. The zero-order chi connectivity index (χ0) is 11.8. The van der Waals surface area contributed by atoms with Gasteiger partial charge in [0.1, 0.15) is 0 Å². The van der Waals surface area contributed by atoms with Crippen molar-refractivity contribution in [2.24, 2.45) is 5.90 Å². The predicted molar refractivity (Wildman–Crippen MR) is 61.6 cm³/mol. The van der Waals surface area contributed by atoms with Gasteiger partial charge in [-0.25, -0.2) is 0 Å². The lowest BCUT2D eigenvalue weighted by molar-refractivity contribution is -0.144. The second-order valence-electron chi connectivity index (χ2n) is 4.44. The number of hydrogen-bond donors (Lipinski definition) is 1. The van der Waals surface area contributed by atoms with Gasteiger partial charge in [-0.05, 0) is 12.8 Å². The molecule has 0 saturated carbocycles. The smallest absolute Gasteiger partial charge is 0.324 e. The number of carbonyl (C=O) groups excluding carboxylic acids is 1. The Morgan fingerprint density at radius 3 is 2.56 bits per heavy atom. The van der Waals surface area contributed by atoms with Gasteiger partial charge < -0.3 is 9.57 Å². The molecule has 1 aliphatic rings. The highest BCUT2D eigenvalue weighted by Gasteiger charge is 2.37. The summed E-state index contributed by atoms with van der Waals surface area (Å²) in [6.45, 7) is 2.22. The first-order valence-corrected chi connectivity index (χ1v) is 6.33. The zero-order valence-corrected chi connectivity index (χ0v) is 10.1. The largest absolute Gasteiger partial charge is 0.373 e. The Kier molecular flexibility index (Phi) is 6.42. The minimum atomic E-state index is -0.350. The van der Waals surface area contributed by atoms with Crippen LogP contribution in [0.25, 0.3) is 0 Å². The van der Waals surface area contributed by atoms with Gasteiger partial charge in [-0.3, -0.25) is 4.79 Å². The van der Waals surface area contributed by atoms with E-state index in [1.807, 2.05) is 0 Å². The molecule has 0 amide bonds. The van der Waals surface area contributed by atoms with Crippen molar-refractivity contribution in [1.82, 2.24) is 0 Å². The van der Waals surface area contributed by atoms with Crippen LogP contribution in [0.3, 0.4) is 0 Å². The standard InChI is InChI=1S/C12H23NO3/c1-2-3-4-5-6-7-10-11(15-10)8-9-12(14)16-13/h10-11H,2-9,13H2,1H3. The molecule has 0 bridgehead atoms. The highest BCUT2D eigenvalue weighted by atomic mass is 16.7. The second kappa shape index (κ2) is 7.63. The van der Waals surface area contributed by atoms with Gasteiger partial charge in [0.05, 0.1) is 12.2 Å². The fourth-order valence-electron chi connectivity index (χ4n) is 1.96. The lowest BCUT2D eigenvalue weighted by Crippen LogP contribution is -2.10. The predicted octanol–water partition coefficient (Wildman–Crippen LogP) is 2.31. The summed E-state index contributed by atoms with van der Waals surface area (Å²) in [7, 11) is 0. The maximum atomic E-state index is 10.8. The van der Waals surface area contributed by atoms with E-state index < -0.39 is 0 Å². The number of unbranched alkanes of at least 4 members (excludes halogenated alkanes) is 4. The summed E-state index contributed by atoms with van der Waals surface area (Å²) in [5.41, 5.74) is 0. The number of rotatable bonds is 9. The quantitative estimate of drug-likeness (QED) is 0.374. The molecule has 0 aromatic carbocycles. The van der Waals surface area contributed by atoms with E-state index >= 15 is 0 Å². The Bertz CT molecular complexity index is 208. The Labute approximate surface area is 97.4 Å². The molecule has 1 aliphatic heterocycles. The topological polar surface area (TPSA) is 64.8 Å². The maximum Gasteiger partial charge on any atom is 0.324 e. The van der Waals surface area contributed by atoms with E-state index in [9.17, 15) is 4.79 Å². The number of ether oxygens (including phenoxy) is 1. The van der Waals surface area contributed by atoms with Crippen LogP contribution in [-0.4, -0.2) is 18.2 Å². The van der Waals surface area contributed by atoms with E-state index in [4.69, 9.17) is 10.6 Å². The molecule has 1 saturated heterocycles.